The van der Waals surface area contributed by atoms with Crippen LogP contribution in [-0.2, 0) is 0 Å². The van der Waals surface area contributed by atoms with Crippen LogP contribution in [0.1, 0.15) is 42.4 Å². The molecule has 1 aliphatic heterocycles. The van der Waals surface area contributed by atoms with E-state index >= 15 is 0 Å². The third-order valence-electron chi connectivity index (χ3n) is 12.4. The molecule has 0 amide bonds. The Balaban J connectivity index is 1.00. The summed E-state index contributed by atoms with van der Waals surface area (Å²) in [6.07, 6.45) is 22.0. The van der Waals surface area contributed by atoms with E-state index in [1.165, 1.54) is 99.0 Å². The third kappa shape index (κ3) is 5.55. The van der Waals surface area contributed by atoms with Gasteiger partial charge in [-0.2, -0.15) is 0 Å². The zero-order valence-corrected chi connectivity index (χ0v) is 32.0. The minimum atomic E-state index is 0.824. The van der Waals surface area contributed by atoms with E-state index in [4.69, 9.17) is 0 Å². The van der Waals surface area contributed by atoms with E-state index in [9.17, 15) is 0 Å². The maximum Gasteiger partial charge on any atom is 0.0537 e. The molecule has 7 aromatic carbocycles. The molecule has 8 aromatic rings. The lowest BCUT2D eigenvalue weighted by Crippen LogP contribution is -2.24. The molecule has 11 rings (SSSR count). The summed E-state index contributed by atoms with van der Waals surface area (Å²) in [7, 11) is 0. The van der Waals surface area contributed by atoms with Gasteiger partial charge in [0.1, 0.15) is 0 Å². The fourth-order valence-corrected chi connectivity index (χ4v) is 9.69. The average molecular weight is 731 g/mol. The van der Waals surface area contributed by atoms with Gasteiger partial charge in [-0.05, 0) is 122 Å². The fourth-order valence-electron chi connectivity index (χ4n) is 9.69. The fraction of sp³-hybridized carbons (Fsp3) is 0.0909. The monoisotopic (exact) mass is 730 g/mol. The van der Waals surface area contributed by atoms with Crippen LogP contribution in [-0.4, -0.2) is 11.1 Å². The van der Waals surface area contributed by atoms with E-state index in [1.54, 1.807) is 0 Å². The lowest BCUT2D eigenvalue weighted by molar-refractivity contribution is 0.877. The molecule has 1 aromatic heterocycles. The highest BCUT2D eigenvalue weighted by atomic mass is 15.1. The second-order valence-corrected chi connectivity index (χ2v) is 15.5. The van der Waals surface area contributed by atoms with Gasteiger partial charge in [0, 0.05) is 40.0 Å². The van der Waals surface area contributed by atoms with Gasteiger partial charge in [-0.3, -0.25) is 0 Å². The van der Waals surface area contributed by atoms with E-state index in [0.29, 0.717) is 0 Å². The van der Waals surface area contributed by atoms with Crippen molar-refractivity contribution in [1.82, 2.24) is 4.57 Å². The molecule has 0 fully saturated rings. The maximum atomic E-state index is 4.38. The Kier molecular flexibility index (Phi) is 8.03. The Bertz CT molecular complexity index is 3120. The number of anilines is 1. The molecule has 0 bridgehead atoms. The molecule has 2 nitrogen and oxygen atoms in total. The van der Waals surface area contributed by atoms with Crippen molar-refractivity contribution in [3.63, 3.8) is 0 Å². The van der Waals surface area contributed by atoms with Crippen LogP contribution >= 0.6 is 0 Å². The van der Waals surface area contributed by atoms with Gasteiger partial charge in [0.05, 0.1) is 11.0 Å². The van der Waals surface area contributed by atoms with Gasteiger partial charge in [-0.15, -0.1) is 0 Å². The predicted octanol–water partition coefficient (Wildman–Crippen LogP) is 14.7. The summed E-state index contributed by atoms with van der Waals surface area (Å²) in [6, 6.07) is 49.4. The lowest BCUT2D eigenvalue weighted by atomic mass is 9.86. The normalized spacial score (nSPS) is 17.1. The first-order valence-corrected chi connectivity index (χ1v) is 20.3. The molecule has 0 saturated carbocycles. The first-order chi connectivity index (χ1) is 28.2. The third-order valence-corrected chi connectivity index (χ3v) is 12.4. The Hall–Kier alpha value is -6.90. The minimum Gasteiger partial charge on any atom is -0.341 e. The Morgan fingerprint density at radius 2 is 0.982 bits per heavy atom. The number of nitrogens with zero attached hydrogens (tertiary/aromatic N) is 2. The number of hydrogen-bond donors (Lipinski definition) is 0. The first kappa shape index (κ1) is 33.4. The lowest BCUT2D eigenvalue weighted by Gasteiger charge is -2.30. The van der Waals surface area contributed by atoms with Crippen LogP contribution < -0.4 is 4.90 Å². The largest absolute Gasteiger partial charge is 0.341 e. The summed E-state index contributed by atoms with van der Waals surface area (Å²) < 4.78 is 2.47. The van der Waals surface area contributed by atoms with Gasteiger partial charge in [-0.1, -0.05) is 152 Å². The highest BCUT2D eigenvalue weighted by Crippen LogP contribution is 2.43. The van der Waals surface area contributed by atoms with Crippen molar-refractivity contribution in [3.05, 3.63) is 211 Å². The molecular formula is C55H42N2. The Labute approximate surface area is 333 Å². The van der Waals surface area contributed by atoms with Crippen LogP contribution in [0.4, 0.5) is 5.69 Å². The van der Waals surface area contributed by atoms with E-state index in [-0.39, 0.29) is 0 Å². The summed E-state index contributed by atoms with van der Waals surface area (Å²) in [5.74, 6) is 0. The number of aromatic nitrogens is 1. The molecule has 2 aliphatic carbocycles. The van der Waals surface area contributed by atoms with Gasteiger partial charge < -0.3 is 9.47 Å². The van der Waals surface area contributed by atoms with Gasteiger partial charge in [0.2, 0.25) is 0 Å². The van der Waals surface area contributed by atoms with Crippen molar-refractivity contribution in [2.75, 3.05) is 11.4 Å². The van der Waals surface area contributed by atoms with Crippen LogP contribution in [0.2, 0.25) is 0 Å². The Morgan fingerprint density at radius 3 is 1.74 bits per heavy atom. The van der Waals surface area contributed by atoms with Crippen molar-refractivity contribution in [2.45, 2.75) is 25.7 Å². The van der Waals surface area contributed by atoms with Crippen LogP contribution in [0.5, 0.6) is 0 Å². The van der Waals surface area contributed by atoms with E-state index in [2.05, 4.69) is 198 Å². The standard InChI is InChI=1S/C55H42N2/c1-37-14-3-2-12-35-56(53-22-9-6-15-42(37)53)40-29-25-39(26-30-40)51-36-52-46-21-13-20-43(47(46)33-34-48(52)44-16-4-5-17-45(44)51)38-27-31-41(32-28-38)57-54-23-10-7-18-49(54)50-19-8-11-24-55(50)57/h2-25,27,29,31,33-34,36H,1,26,28,30,32,35H2/b12-2-,14-3-. The summed E-state index contributed by atoms with van der Waals surface area (Å²) >= 11 is 0. The average Bonchev–Trinajstić information content (AvgIpc) is 3.64. The number of benzene rings is 7. The van der Waals surface area contributed by atoms with E-state index in [0.717, 1.165) is 37.8 Å². The number of rotatable bonds is 4. The van der Waals surface area contributed by atoms with Crippen molar-refractivity contribution in [2.24, 2.45) is 0 Å². The van der Waals surface area contributed by atoms with Crippen molar-refractivity contribution in [1.29, 1.82) is 0 Å². The maximum absolute atomic E-state index is 4.38. The molecule has 0 radical (unpaired) electrons. The highest BCUT2D eigenvalue weighted by Gasteiger charge is 2.22. The summed E-state index contributed by atoms with van der Waals surface area (Å²) in [5, 5.41) is 10.5. The predicted molar refractivity (Wildman–Crippen MR) is 246 cm³/mol. The van der Waals surface area contributed by atoms with Crippen LogP contribution in [0.25, 0.3) is 76.5 Å². The van der Waals surface area contributed by atoms with Crippen LogP contribution in [0.3, 0.4) is 0 Å². The Morgan fingerprint density at radius 1 is 0.421 bits per heavy atom. The van der Waals surface area contributed by atoms with E-state index in [1.807, 2.05) is 0 Å². The number of fused-ring (bicyclic) bond motifs is 9. The minimum absolute atomic E-state index is 0.824. The molecule has 0 N–H and O–H groups in total. The number of allylic oxidation sites excluding steroid dienone is 12. The summed E-state index contributed by atoms with van der Waals surface area (Å²) in [5.41, 5.74) is 14.1. The summed E-state index contributed by atoms with van der Waals surface area (Å²) in [6.45, 7) is 5.21. The SMILES string of the molecule is C=C1/C=C\C=C/CN(C2=CC=C(c3cc4c5cccc(C6=CC=C(n7c8ccccc8c8ccccc87)CC6)c5ccc4c4ccccc34)CC2)c2ccccc21. The molecule has 57 heavy (non-hydrogen) atoms. The van der Waals surface area contributed by atoms with Gasteiger partial charge in [0.25, 0.3) is 0 Å². The molecular weight excluding hydrogens is 689 g/mol. The van der Waals surface area contributed by atoms with Crippen molar-refractivity contribution in [3.8, 4) is 0 Å². The second kappa shape index (κ2) is 13.7. The number of para-hydroxylation sites is 3. The van der Waals surface area contributed by atoms with Gasteiger partial charge >= 0.3 is 0 Å². The quantitative estimate of drug-likeness (QED) is 0.164. The van der Waals surface area contributed by atoms with Gasteiger partial charge in [0.15, 0.2) is 0 Å². The van der Waals surface area contributed by atoms with Crippen molar-refractivity contribution >= 4 is 82.2 Å². The zero-order valence-electron chi connectivity index (χ0n) is 32.0. The van der Waals surface area contributed by atoms with Crippen LogP contribution in [0.15, 0.2) is 194 Å². The molecule has 2 heteroatoms. The summed E-state index contributed by atoms with van der Waals surface area (Å²) in [4.78, 5) is 2.46. The molecule has 0 atom stereocenters. The van der Waals surface area contributed by atoms with E-state index < -0.39 is 0 Å². The zero-order chi connectivity index (χ0) is 37.9. The first-order valence-electron chi connectivity index (χ1n) is 20.3. The molecule has 0 saturated heterocycles. The second-order valence-electron chi connectivity index (χ2n) is 15.5. The molecule has 2 heterocycles. The molecule has 0 unspecified atom stereocenters. The van der Waals surface area contributed by atoms with Gasteiger partial charge in [-0.25, -0.2) is 0 Å². The smallest absolute Gasteiger partial charge is 0.0537 e. The molecule has 272 valence electrons. The highest BCUT2D eigenvalue weighted by molar-refractivity contribution is 6.21. The molecule has 0 spiro atoms. The van der Waals surface area contributed by atoms with Crippen LogP contribution in [0, 0.1) is 0 Å². The van der Waals surface area contributed by atoms with Crippen molar-refractivity contribution < 1.29 is 0 Å². The topological polar surface area (TPSA) is 8.17 Å². The number of hydrogen-bond acceptors (Lipinski definition) is 1. The molecule has 3 aliphatic rings.